The summed E-state index contributed by atoms with van der Waals surface area (Å²) in [6.45, 7) is 1.77. The number of nitro groups is 1. The third-order valence-electron chi connectivity index (χ3n) is 4.31. The molecule has 0 radical (unpaired) electrons. The Balaban J connectivity index is 2.20. The zero-order valence-corrected chi connectivity index (χ0v) is 11.1. The lowest BCUT2D eigenvalue weighted by Crippen LogP contribution is -2.63. The standard InChI is InChI=1S/C11H16ClF3N2O2/c1-5-2-3-7-9(10(5)17(18)19)6(12)4-8(16-7)11(13,14)15/h5-10,16H,2-4H2,1H3. The molecule has 6 atom stereocenters. The average Bonchev–Trinajstić information content (AvgIpc) is 2.27. The SMILES string of the molecule is CC1CCC2NC(C(F)(F)F)CC(Cl)C2C1[N+](=O)[O-]. The first-order chi connectivity index (χ1) is 8.71. The van der Waals surface area contributed by atoms with Crippen molar-refractivity contribution >= 4 is 11.6 Å². The molecule has 1 N–H and O–H groups in total. The molecule has 0 amide bonds. The van der Waals surface area contributed by atoms with Crippen LogP contribution in [0.5, 0.6) is 0 Å². The summed E-state index contributed by atoms with van der Waals surface area (Å²) in [7, 11) is 0. The molecule has 0 spiro atoms. The first-order valence-electron chi connectivity index (χ1n) is 6.32. The molecule has 1 saturated carbocycles. The van der Waals surface area contributed by atoms with Crippen LogP contribution in [0.3, 0.4) is 0 Å². The van der Waals surface area contributed by atoms with Gasteiger partial charge in [-0.25, -0.2) is 0 Å². The van der Waals surface area contributed by atoms with Crippen LogP contribution in [0.25, 0.3) is 0 Å². The predicted octanol–water partition coefficient (Wildman–Crippen LogP) is 2.58. The van der Waals surface area contributed by atoms with Crippen molar-refractivity contribution in [3.05, 3.63) is 10.1 Å². The van der Waals surface area contributed by atoms with Gasteiger partial charge in [0.25, 0.3) is 0 Å². The Morgan fingerprint density at radius 1 is 1.37 bits per heavy atom. The number of nitrogens with zero attached hydrogens (tertiary/aromatic N) is 1. The van der Waals surface area contributed by atoms with E-state index in [1.807, 2.05) is 0 Å². The Kier molecular flexibility index (Phi) is 3.97. The van der Waals surface area contributed by atoms with Gasteiger partial charge in [-0.2, -0.15) is 13.2 Å². The van der Waals surface area contributed by atoms with Crippen molar-refractivity contribution in [3.8, 4) is 0 Å². The highest BCUT2D eigenvalue weighted by Gasteiger charge is 2.55. The monoisotopic (exact) mass is 300 g/mol. The van der Waals surface area contributed by atoms with E-state index < -0.39 is 35.6 Å². The second-order valence-corrected chi connectivity index (χ2v) is 6.09. The van der Waals surface area contributed by atoms with Gasteiger partial charge < -0.3 is 5.32 Å². The van der Waals surface area contributed by atoms with E-state index in [-0.39, 0.29) is 17.3 Å². The van der Waals surface area contributed by atoms with Crippen molar-refractivity contribution in [3.63, 3.8) is 0 Å². The summed E-state index contributed by atoms with van der Waals surface area (Å²) in [6, 6.07) is -3.03. The summed E-state index contributed by atoms with van der Waals surface area (Å²) < 4.78 is 38.3. The second kappa shape index (κ2) is 5.09. The minimum absolute atomic E-state index is 0.151. The maximum atomic E-state index is 12.8. The average molecular weight is 301 g/mol. The molecule has 1 saturated heterocycles. The fraction of sp³-hybridized carbons (Fsp3) is 1.00. The zero-order valence-electron chi connectivity index (χ0n) is 10.4. The summed E-state index contributed by atoms with van der Waals surface area (Å²) in [5.41, 5.74) is 0. The van der Waals surface area contributed by atoms with Crippen molar-refractivity contribution in [1.82, 2.24) is 5.32 Å². The van der Waals surface area contributed by atoms with Crippen LogP contribution < -0.4 is 5.32 Å². The Hall–Kier alpha value is -0.560. The van der Waals surface area contributed by atoms with Crippen LogP contribution >= 0.6 is 11.6 Å². The van der Waals surface area contributed by atoms with Crippen molar-refractivity contribution in [2.24, 2.45) is 11.8 Å². The van der Waals surface area contributed by atoms with Gasteiger partial charge in [0.05, 0.1) is 5.92 Å². The number of hydrogen-bond donors (Lipinski definition) is 1. The summed E-state index contributed by atoms with van der Waals surface area (Å²) >= 11 is 6.05. The van der Waals surface area contributed by atoms with E-state index in [0.29, 0.717) is 12.8 Å². The van der Waals surface area contributed by atoms with Crippen molar-refractivity contribution in [2.75, 3.05) is 0 Å². The molecule has 2 fully saturated rings. The van der Waals surface area contributed by atoms with E-state index in [1.54, 1.807) is 6.92 Å². The fourth-order valence-electron chi connectivity index (χ4n) is 3.37. The van der Waals surface area contributed by atoms with Crippen LogP contribution in [0.15, 0.2) is 0 Å². The summed E-state index contributed by atoms with van der Waals surface area (Å²) in [4.78, 5) is 10.8. The molecule has 0 aromatic rings. The molecule has 8 heteroatoms. The van der Waals surface area contributed by atoms with Gasteiger partial charge in [-0.1, -0.05) is 6.92 Å². The van der Waals surface area contributed by atoms with E-state index in [4.69, 9.17) is 11.6 Å². The van der Waals surface area contributed by atoms with E-state index in [0.717, 1.165) is 0 Å². The quantitative estimate of drug-likeness (QED) is 0.460. The van der Waals surface area contributed by atoms with Crippen molar-refractivity contribution < 1.29 is 18.1 Å². The number of alkyl halides is 4. The molecule has 19 heavy (non-hydrogen) atoms. The van der Waals surface area contributed by atoms with Crippen LogP contribution in [0, 0.1) is 22.0 Å². The fourth-order valence-corrected chi connectivity index (χ4v) is 3.87. The molecule has 2 aliphatic rings. The summed E-state index contributed by atoms with van der Waals surface area (Å²) in [5.74, 6) is -0.680. The lowest BCUT2D eigenvalue weighted by atomic mass is 9.70. The smallest absolute Gasteiger partial charge is 0.303 e. The Morgan fingerprint density at radius 2 is 2.00 bits per heavy atom. The van der Waals surface area contributed by atoms with Gasteiger partial charge in [-0.3, -0.25) is 10.1 Å². The van der Waals surface area contributed by atoms with Crippen LogP contribution in [-0.2, 0) is 0 Å². The maximum absolute atomic E-state index is 12.8. The summed E-state index contributed by atoms with van der Waals surface area (Å²) in [6.07, 6.45) is -3.60. The zero-order chi connectivity index (χ0) is 14.4. The van der Waals surface area contributed by atoms with Gasteiger partial charge in [0.2, 0.25) is 6.04 Å². The number of halogens is 4. The van der Waals surface area contributed by atoms with Crippen molar-refractivity contribution in [2.45, 2.75) is 55.9 Å². The first kappa shape index (κ1) is 14.8. The van der Waals surface area contributed by atoms with Gasteiger partial charge >= 0.3 is 6.18 Å². The van der Waals surface area contributed by atoms with Crippen LogP contribution in [-0.4, -0.2) is 34.6 Å². The van der Waals surface area contributed by atoms with Gasteiger partial charge in [-0.15, -0.1) is 11.6 Å². The molecule has 1 aliphatic carbocycles. The normalized spacial score (nSPS) is 43.6. The lowest BCUT2D eigenvalue weighted by molar-refractivity contribution is -0.546. The summed E-state index contributed by atoms with van der Waals surface area (Å²) in [5, 5.41) is 12.8. The van der Waals surface area contributed by atoms with Gasteiger partial charge in [0.1, 0.15) is 6.04 Å². The highest BCUT2D eigenvalue weighted by molar-refractivity contribution is 6.21. The molecular weight excluding hydrogens is 285 g/mol. The third-order valence-corrected chi connectivity index (χ3v) is 4.78. The van der Waals surface area contributed by atoms with Crippen LogP contribution in [0.2, 0.25) is 0 Å². The van der Waals surface area contributed by atoms with Gasteiger partial charge in [0, 0.05) is 22.3 Å². The molecule has 1 heterocycles. The molecule has 0 bridgehead atoms. The van der Waals surface area contributed by atoms with Gasteiger partial charge in [-0.05, 0) is 19.3 Å². The number of piperidine rings is 1. The number of fused-ring (bicyclic) bond motifs is 1. The van der Waals surface area contributed by atoms with Crippen molar-refractivity contribution in [1.29, 1.82) is 0 Å². The number of hydrogen-bond acceptors (Lipinski definition) is 3. The van der Waals surface area contributed by atoms with E-state index >= 15 is 0 Å². The number of rotatable bonds is 1. The Morgan fingerprint density at radius 3 is 2.53 bits per heavy atom. The largest absolute Gasteiger partial charge is 0.403 e. The highest BCUT2D eigenvalue weighted by Crippen LogP contribution is 2.42. The van der Waals surface area contributed by atoms with Crippen LogP contribution in [0.4, 0.5) is 13.2 Å². The Bertz CT molecular complexity index is 366. The van der Waals surface area contributed by atoms with E-state index in [2.05, 4.69) is 5.32 Å². The highest BCUT2D eigenvalue weighted by atomic mass is 35.5. The maximum Gasteiger partial charge on any atom is 0.403 e. The molecular formula is C11H16ClF3N2O2. The minimum atomic E-state index is -4.36. The van der Waals surface area contributed by atoms with E-state index in [1.165, 1.54) is 0 Å². The first-order valence-corrected chi connectivity index (χ1v) is 6.75. The second-order valence-electron chi connectivity index (χ2n) is 5.53. The molecule has 4 nitrogen and oxygen atoms in total. The van der Waals surface area contributed by atoms with Crippen LogP contribution in [0.1, 0.15) is 26.2 Å². The number of nitrogens with one attached hydrogen (secondary N) is 1. The molecule has 2 rings (SSSR count). The minimum Gasteiger partial charge on any atom is -0.303 e. The third kappa shape index (κ3) is 2.81. The predicted molar refractivity (Wildman–Crippen MR) is 63.7 cm³/mol. The molecule has 6 unspecified atom stereocenters. The van der Waals surface area contributed by atoms with E-state index in [9.17, 15) is 23.3 Å². The Labute approximate surface area is 113 Å². The lowest BCUT2D eigenvalue weighted by Gasteiger charge is -2.46. The topological polar surface area (TPSA) is 55.2 Å². The molecule has 0 aromatic carbocycles. The molecule has 0 aromatic heterocycles. The van der Waals surface area contributed by atoms with Gasteiger partial charge in [0.15, 0.2) is 0 Å². The molecule has 1 aliphatic heterocycles. The molecule has 110 valence electrons.